The molecule has 0 aliphatic rings. The molecule has 0 unspecified atom stereocenters. The molecule has 0 aliphatic carbocycles. The van der Waals surface area contributed by atoms with E-state index in [0.717, 1.165) is 54.4 Å². The largest absolute Gasteiger partial charge is 0.451 e. The minimum absolute atomic E-state index is 0.203. The van der Waals surface area contributed by atoms with E-state index in [9.17, 15) is 0 Å². The van der Waals surface area contributed by atoms with Crippen molar-refractivity contribution in [3.63, 3.8) is 0 Å². The maximum absolute atomic E-state index is 6.69. The van der Waals surface area contributed by atoms with Crippen LogP contribution < -0.4 is 0 Å². The Labute approximate surface area is 210 Å². The lowest BCUT2D eigenvalue weighted by molar-refractivity contribution is 0.671. The highest BCUT2D eigenvalue weighted by Crippen LogP contribution is 2.44. The SMILES string of the molecule is Clc1nc(-c2cc3ccccc3c3ccccc23)c2oc3c4ccccc4c4ccccc4c3c2n1. The van der Waals surface area contributed by atoms with Crippen LogP contribution in [-0.4, -0.2) is 9.97 Å². The first-order valence-electron chi connectivity index (χ1n) is 11.9. The second kappa shape index (κ2) is 7.27. The summed E-state index contributed by atoms with van der Waals surface area (Å²) < 4.78 is 6.69. The van der Waals surface area contributed by atoms with Gasteiger partial charge in [-0.05, 0) is 55.4 Å². The smallest absolute Gasteiger partial charge is 0.223 e. The average molecular weight is 481 g/mol. The number of aromatic nitrogens is 2. The zero-order chi connectivity index (χ0) is 23.8. The lowest BCUT2D eigenvalue weighted by atomic mass is 9.95. The summed E-state index contributed by atoms with van der Waals surface area (Å²) in [5, 5.41) is 10.2. The first-order chi connectivity index (χ1) is 17.8. The van der Waals surface area contributed by atoms with Crippen molar-refractivity contribution < 1.29 is 4.42 Å². The molecule has 0 amide bonds. The lowest BCUT2D eigenvalue weighted by Crippen LogP contribution is -1.91. The van der Waals surface area contributed by atoms with Gasteiger partial charge in [0.05, 0.1) is 5.39 Å². The highest BCUT2D eigenvalue weighted by molar-refractivity contribution is 6.32. The second-order valence-electron chi connectivity index (χ2n) is 9.11. The first kappa shape index (κ1) is 19.8. The zero-order valence-corrected chi connectivity index (χ0v) is 19.8. The Morgan fingerprint density at radius 2 is 1.08 bits per heavy atom. The van der Waals surface area contributed by atoms with Crippen LogP contribution in [0, 0.1) is 0 Å². The predicted molar refractivity (Wildman–Crippen MR) is 150 cm³/mol. The van der Waals surface area contributed by atoms with Crippen LogP contribution in [0.15, 0.2) is 108 Å². The molecular weight excluding hydrogens is 464 g/mol. The Bertz CT molecular complexity index is 2180. The van der Waals surface area contributed by atoms with Gasteiger partial charge in [-0.15, -0.1) is 0 Å². The van der Waals surface area contributed by atoms with Gasteiger partial charge in [-0.2, -0.15) is 0 Å². The summed E-state index contributed by atoms with van der Waals surface area (Å²) in [5.74, 6) is 0. The molecule has 0 bridgehead atoms. The molecule has 0 radical (unpaired) electrons. The molecule has 4 heteroatoms. The maximum atomic E-state index is 6.69. The third-order valence-electron chi connectivity index (χ3n) is 7.19. The van der Waals surface area contributed by atoms with Crippen LogP contribution in [0.25, 0.3) is 76.4 Å². The fourth-order valence-electron chi connectivity index (χ4n) is 5.67. The fourth-order valence-corrected chi connectivity index (χ4v) is 5.84. The predicted octanol–water partition coefficient (Wildman–Crippen LogP) is 9.31. The Morgan fingerprint density at radius 1 is 0.528 bits per heavy atom. The van der Waals surface area contributed by atoms with E-state index in [1.807, 2.05) is 6.07 Å². The minimum Gasteiger partial charge on any atom is -0.451 e. The molecule has 8 rings (SSSR count). The van der Waals surface area contributed by atoms with Crippen molar-refractivity contribution >= 4 is 76.8 Å². The molecule has 8 aromatic rings. The number of fused-ring (bicyclic) bond motifs is 11. The second-order valence-corrected chi connectivity index (χ2v) is 9.45. The summed E-state index contributed by atoms with van der Waals surface area (Å²) >= 11 is 6.61. The normalized spacial score (nSPS) is 12.0. The molecule has 0 fully saturated rings. The molecule has 2 aromatic heterocycles. The van der Waals surface area contributed by atoms with E-state index in [4.69, 9.17) is 26.0 Å². The average Bonchev–Trinajstić information content (AvgIpc) is 3.32. The third-order valence-corrected chi connectivity index (χ3v) is 7.36. The molecule has 168 valence electrons. The number of furan rings is 1. The molecule has 36 heavy (non-hydrogen) atoms. The summed E-state index contributed by atoms with van der Waals surface area (Å²) in [4.78, 5) is 9.45. The van der Waals surface area contributed by atoms with Crippen molar-refractivity contribution in [3.8, 4) is 11.3 Å². The molecule has 0 N–H and O–H groups in total. The van der Waals surface area contributed by atoms with Gasteiger partial charge in [-0.3, -0.25) is 0 Å². The van der Waals surface area contributed by atoms with Crippen LogP contribution in [0.5, 0.6) is 0 Å². The quantitative estimate of drug-likeness (QED) is 0.173. The summed E-state index contributed by atoms with van der Waals surface area (Å²) in [7, 11) is 0. The van der Waals surface area contributed by atoms with Gasteiger partial charge in [-0.1, -0.05) is 97.1 Å². The van der Waals surface area contributed by atoms with Gasteiger partial charge in [0.2, 0.25) is 5.28 Å². The van der Waals surface area contributed by atoms with E-state index in [1.165, 1.54) is 10.8 Å². The van der Waals surface area contributed by atoms with Crippen LogP contribution >= 0.6 is 11.6 Å². The molecule has 2 heterocycles. The van der Waals surface area contributed by atoms with E-state index < -0.39 is 0 Å². The van der Waals surface area contributed by atoms with Gasteiger partial charge in [0.25, 0.3) is 0 Å². The Balaban J connectivity index is 1.61. The minimum atomic E-state index is 0.203. The highest BCUT2D eigenvalue weighted by Gasteiger charge is 2.22. The standard InChI is InChI=1S/C32H17ClN2O/c33-32-34-28(26-17-18-9-1-2-10-19(18)20-11-3-4-14-23(20)26)31-29(35-32)27-24-15-7-5-12-21(24)22-13-6-8-16-25(22)30(27)36-31/h1-17H. The van der Waals surface area contributed by atoms with Gasteiger partial charge in [0, 0.05) is 10.9 Å². The third kappa shape index (κ3) is 2.63. The van der Waals surface area contributed by atoms with Crippen LogP contribution in [-0.2, 0) is 0 Å². The van der Waals surface area contributed by atoms with Gasteiger partial charge >= 0.3 is 0 Å². The molecule has 3 nitrogen and oxygen atoms in total. The van der Waals surface area contributed by atoms with Gasteiger partial charge in [-0.25, -0.2) is 9.97 Å². The molecular formula is C32H17ClN2O. The molecule has 0 saturated carbocycles. The maximum Gasteiger partial charge on any atom is 0.223 e. The number of benzene rings is 6. The van der Waals surface area contributed by atoms with Crippen molar-refractivity contribution in [2.45, 2.75) is 0 Å². The number of hydrogen-bond acceptors (Lipinski definition) is 3. The van der Waals surface area contributed by atoms with E-state index in [0.29, 0.717) is 11.3 Å². The first-order valence-corrected chi connectivity index (χ1v) is 12.3. The molecule has 0 aliphatic heterocycles. The summed E-state index contributed by atoms with van der Waals surface area (Å²) in [6.07, 6.45) is 0. The Morgan fingerprint density at radius 3 is 1.83 bits per heavy atom. The van der Waals surface area contributed by atoms with Crippen LogP contribution in [0.3, 0.4) is 0 Å². The van der Waals surface area contributed by atoms with Crippen LogP contribution in [0.4, 0.5) is 0 Å². The zero-order valence-electron chi connectivity index (χ0n) is 19.0. The Hall–Kier alpha value is -4.47. The van der Waals surface area contributed by atoms with Crippen molar-refractivity contribution in [1.82, 2.24) is 9.97 Å². The molecule has 0 atom stereocenters. The molecule has 0 saturated heterocycles. The van der Waals surface area contributed by atoms with Crippen molar-refractivity contribution in [2.24, 2.45) is 0 Å². The molecule has 0 spiro atoms. The van der Waals surface area contributed by atoms with E-state index in [2.05, 4.69) is 97.1 Å². The van der Waals surface area contributed by atoms with E-state index in [-0.39, 0.29) is 5.28 Å². The topological polar surface area (TPSA) is 38.9 Å². The summed E-state index contributed by atoms with van der Waals surface area (Å²) in [6, 6.07) is 35.7. The highest BCUT2D eigenvalue weighted by atomic mass is 35.5. The monoisotopic (exact) mass is 480 g/mol. The number of rotatable bonds is 1. The number of halogens is 1. The van der Waals surface area contributed by atoms with Crippen molar-refractivity contribution in [1.29, 1.82) is 0 Å². The van der Waals surface area contributed by atoms with Gasteiger partial charge in [0.1, 0.15) is 16.8 Å². The van der Waals surface area contributed by atoms with Crippen molar-refractivity contribution in [3.05, 3.63) is 108 Å². The summed E-state index contributed by atoms with van der Waals surface area (Å²) in [5.41, 5.74) is 3.88. The molecule has 6 aromatic carbocycles. The lowest BCUT2D eigenvalue weighted by Gasteiger charge is -2.10. The fraction of sp³-hybridized carbons (Fsp3) is 0. The van der Waals surface area contributed by atoms with E-state index in [1.54, 1.807) is 0 Å². The van der Waals surface area contributed by atoms with Crippen LogP contribution in [0.1, 0.15) is 0 Å². The number of nitrogens with zero attached hydrogens (tertiary/aromatic N) is 2. The number of hydrogen-bond donors (Lipinski definition) is 0. The van der Waals surface area contributed by atoms with Gasteiger partial charge < -0.3 is 4.42 Å². The summed E-state index contributed by atoms with van der Waals surface area (Å²) in [6.45, 7) is 0. The Kier molecular flexibility index (Phi) is 4.00. The van der Waals surface area contributed by atoms with Crippen LogP contribution in [0.2, 0.25) is 5.28 Å². The van der Waals surface area contributed by atoms with E-state index >= 15 is 0 Å². The van der Waals surface area contributed by atoms with Crippen molar-refractivity contribution in [2.75, 3.05) is 0 Å². The van der Waals surface area contributed by atoms with Gasteiger partial charge in [0.15, 0.2) is 5.58 Å².